The fourth-order valence-electron chi connectivity index (χ4n) is 1.10. The van der Waals surface area contributed by atoms with Gasteiger partial charge in [-0.1, -0.05) is 17.7 Å². The third kappa shape index (κ3) is 4.89. The van der Waals surface area contributed by atoms with Crippen LogP contribution in [0, 0.1) is 5.92 Å². The van der Waals surface area contributed by atoms with Crippen LogP contribution in [-0.4, -0.2) is 6.29 Å². The van der Waals surface area contributed by atoms with E-state index in [1.807, 2.05) is 13.8 Å². The monoisotopic (exact) mass is 166 g/mol. The number of aldehydes is 1. The lowest BCUT2D eigenvalue weighted by Gasteiger charge is -2.13. The van der Waals surface area contributed by atoms with Crippen molar-refractivity contribution in [1.29, 1.82) is 0 Å². The number of rotatable bonds is 6. The summed E-state index contributed by atoms with van der Waals surface area (Å²) < 4.78 is 0. The van der Waals surface area contributed by atoms with Gasteiger partial charge in [-0.3, -0.25) is 0 Å². The van der Waals surface area contributed by atoms with Gasteiger partial charge in [0.2, 0.25) is 0 Å². The molecule has 0 amide bonds. The van der Waals surface area contributed by atoms with Crippen LogP contribution in [0.5, 0.6) is 0 Å². The van der Waals surface area contributed by atoms with E-state index in [0.29, 0.717) is 12.3 Å². The summed E-state index contributed by atoms with van der Waals surface area (Å²) in [5.74, 6) is 0.346. The molecule has 0 aliphatic heterocycles. The molecule has 0 saturated carbocycles. The summed E-state index contributed by atoms with van der Waals surface area (Å²) in [7, 11) is 0. The van der Waals surface area contributed by atoms with Crippen LogP contribution in [0.15, 0.2) is 24.3 Å². The summed E-state index contributed by atoms with van der Waals surface area (Å²) in [6, 6.07) is 0. The second-order valence-corrected chi connectivity index (χ2v) is 3.44. The van der Waals surface area contributed by atoms with Crippen molar-refractivity contribution in [2.75, 3.05) is 0 Å². The smallest absolute Gasteiger partial charge is 0.120 e. The Morgan fingerprint density at radius 3 is 2.33 bits per heavy atom. The van der Waals surface area contributed by atoms with Gasteiger partial charge in [-0.15, -0.1) is 6.58 Å². The van der Waals surface area contributed by atoms with Gasteiger partial charge in [0.15, 0.2) is 0 Å². The molecule has 0 rings (SSSR count). The largest absolute Gasteiger partial charge is 0.303 e. The number of hydrogen-bond donors (Lipinski definition) is 0. The van der Waals surface area contributed by atoms with E-state index in [4.69, 9.17) is 0 Å². The topological polar surface area (TPSA) is 17.1 Å². The lowest BCUT2D eigenvalue weighted by Crippen LogP contribution is -2.02. The molecule has 0 spiro atoms. The average molecular weight is 166 g/mol. The van der Waals surface area contributed by atoms with Crippen molar-refractivity contribution < 1.29 is 4.79 Å². The molecular formula is C11H18O. The van der Waals surface area contributed by atoms with E-state index in [1.54, 1.807) is 0 Å². The lowest BCUT2D eigenvalue weighted by molar-refractivity contribution is -0.108. The van der Waals surface area contributed by atoms with Gasteiger partial charge in [0.25, 0.3) is 0 Å². The van der Waals surface area contributed by atoms with Gasteiger partial charge >= 0.3 is 0 Å². The molecule has 0 saturated heterocycles. The van der Waals surface area contributed by atoms with Crippen molar-refractivity contribution in [3.63, 3.8) is 0 Å². The van der Waals surface area contributed by atoms with Gasteiger partial charge < -0.3 is 4.79 Å². The number of carbonyl (C=O) groups is 1. The maximum atomic E-state index is 10.3. The van der Waals surface area contributed by atoms with E-state index >= 15 is 0 Å². The van der Waals surface area contributed by atoms with Gasteiger partial charge in [0.05, 0.1) is 0 Å². The maximum absolute atomic E-state index is 10.3. The standard InChI is InChI=1S/C11H18O/c1-9(2)5-6-11(7-8-12)10(3)4/h8,11H,1,3,5-7H2,2,4H3/t11-/m1/s1. The third-order valence-electron chi connectivity index (χ3n) is 2.00. The van der Waals surface area contributed by atoms with Gasteiger partial charge in [-0.2, -0.15) is 0 Å². The highest BCUT2D eigenvalue weighted by molar-refractivity contribution is 5.50. The zero-order valence-corrected chi connectivity index (χ0v) is 8.10. The Balaban J connectivity index is 3.86. The normalized spacial score (nSPS) is 12.2. The van der Waals surface area contributed by atoms with Crippen molar-refractivity contribution in [3.8, 4) is 0 Å². The molecule has 0 unspecified atom stereocenters. The lowest BCUT2D eigenvalue weighted by atomic mass is 9.92. The second-order valence-electron chi connectivity index (χ2n) is 3.44. The summed E-state index contributed by atoms with van der Waals surface area (Å²) in [5, 5.41) is 0. The quantitative estimate of drug-likeness (QED) is 0.437. The first-order chi connectivity index (χ1) is 5.57. The fourth-order valence-corrected chi connectivity index (χ4v) is 1.10. The number of allylic oxidation sites excluding steroid dienone is 2. The van der Waals surface area contributed by atoms with Crippen LogP contribution < -0.4 is 0 Å². The van der Waals surface area contributed by atoms with Crippen molar-refractivity contribution in [2.45, 2.75) is 33.1 Å². The van der Waals surface area contributed by atoms with E-state index in [-0.39, 0.29) is 0 Å². The minimum Gasteiger partial charge on any atom is -0.303 e. The van der Waals surface area contributed by atoms with Crippen LogP contribution in [0.1, 0.15) is 33.1 Å². The van der Waals surface area contributed by atoms with Crippen LogP contribution in [0.4, 0.5) is 0 Å². The zero-order chi connectivity index (χ0) is 9.56. The minimum absolute atomic E-state index is 0.346. The Morgan fingerprint density at radius 1 is 1.42 bits per heavy atom. The van der Waals surface area contributed by atoms with Crippen LogP contribution in [0.25, 0.3) is 0 Å². The molecule has 12 heavy (non-hydrogen) atoms. The van der Waals surface area contributed by atoms with E-state index in [9.17, 15) is 4.79 Å². The van der Waals surface area contributed by atoms with Crippen LogP contribution in [-0.2, 0) is 4.79 Å². The second kappa shape index (κ2) is 5.76. The molecule has 1 nitrogen and oxygen atoms in total. The minimum atomic E-state index is 0.346. The van der Waals surface area contributed by atoms with Crippen molar-refractivity contribution >= 4 is 6.29 Å². The molecule has 0 bridgehead atoms. The summed E-state index contributed by atoms with van der Waals surface area (Å²) >= 11 is 0. The molecular weight excluding hydrogens is 148 g/mol. The molecule has 0 aromatic rings. The van der Waals surface area contributed by atoms with Crippen LogP contribution in [0.2, 0.25) is 0 Å². The van der Waals surface area contributed by atoms with E-state index < -0.39 is 0 Å². The highest BCUT2D eigenvalue weighted by Gasteiger charge is 2.07. The average Bonchev–Trinajstić information content (AvgIpc) is 1.96. The molecule has 0 fully saturated rings. The molecule has 1 atom stereocenters. The highest BCUT2D eigenvalue weighted by Crippen LogP contribution is 2.19. The maximum Gasteiger partial charge on any atom is 0.120 e. The molecule has 0 radical (unpaired) electrons. The van der Waals surface area contributed by atoms with Gasteiger partial charge in [-0.25, -0.2) is 0 Å². The summed E-state index contributed by atoms with van der Waals surface area (Å²) in [4.78, 5) is 10.3. The van der Waals surface area contributed by atoms with Gasteiger partial charge in [-0.05, 0) is 32.6 Å². The first-order valence-electron chi connectivity index (χ1n) is 4.31. The van der Waals surface area contributed by atoms with E-state index in [1.165, 1.54) is 5.57 Å². The molecule has 0 heterocycles. The van der Waals surface area contributed by atoms with Crippen molar-refractivity contribution in [2.24, 2.45) is 5.92 Å². The molecule has 0 N–H and O–H groups in total. The molecule has 1 heteroatoms. The molecule has 68 valence electrons. The summed E-state index contributed by atoms with van der Waals surface area (Å²) in [6.07, 6.45) is 3.56. The third-order valence-corrected chi connectivity index (χ3v) is 2.00. The van der Waals surface area contributed by atoms with Crippen LogP contribution >= 0.6 is 0 Å². The first-order valence-corrected chi connectivity index (χ1v) is 4.31. The van der Waals surface area contributed by atoms with Gasteiger partial charge in [0, 0.05) is 6.42 Å². The molecule has 0 aliphatic rings. The van der Waals surface area contributed by atoms with Crippen molar-refractivity contribution in [3.05, 3.63) is 24.3 Å². The Hall–Kier alpha value is -0.850. The summed E-state index contributed by atoms with van der Waals surface area (Å²) in [6.45, 7) is 11.7. The van der Waals surface area contributed by atoms with E-state index in [0.717, 1.165) is 24.7 Å². The Labute approximate surface area is 75.2 Å². The number of carbonyl (C=O) groups excluding carboxylic acids is 1. The van der Waals surface area contributed by atoms with E-state index in [2.05, 4.69) is 13.2 Å². The van der Waals surface area contributed by atoms with Crippen LogP contribution in [0.3, 0.4) is 0 Å². The Morgan fingerprint density at radius 2 is 2.00 bits per heavy atom. The fraction of sp³-hybridized carbons (Fsp3) is 0.545. The Bertz CT molecular complexity index is 179. The Kier molecular flexibility index (Phi) is 5.35. The predicted molar refractivity (Wildman–Crippen MR) is 53.0 cm³/mol. The SMILES string of the molecule is C=C(C)CC[C@H](CC=O)C(=C)C. The van der Waals surface area contributed by atoms with Gasteiger partial charge in [0.1, 0.15) is 6.29 Å². The summed E-state index contributed by atoms with van der Waals surface area (Å²) in [5.41, 5.74) is 2.27. The number of hydrogen-bond acceptors (Lipinski definition) is 1. The molecule has 0 aromatic heterocycles. The molecule has 0 aromatic carbocycles. The van der Waals surface area contributed by atoms with Crippen molar-refractivity contribution in [1.82, 2.24) is 0 Å². The molecule has 0 aliphatic carbocycles. The first kappa shape index (κ1) is 11.2. The predicted octanol–water partition coefficient (Wildman–Crippen LogP) is 3.12. The highest BCUT2D eigenvalue weighted by atomic mass is 16.1. The zero-order valence-electron chi connectivity index (χ0n) is 8.10.